The molecule has 0 saturated carbocycles. The van der Waals surface area contributed by atoms with Crippen molar-refractivity contribution in [1.29, 1.82) is 5.26 Å². The first-order chi connectivity index (χ1) is 17.4. The van der Waals surface area contributed by atoms with E-state index in [2.05, 4.69) is 11.1 Å². The lowest BCUT2D eigenvalue weighted by molar-refractivity contribution is -0.192. The average molecular weight is 513 g/mol. The van der Waals surface area contributed by atoms with Crippen molar-refractivity contribution in [2.24, 2.45) is 12.8 Å². The van der Waals surface area contributed by atoms with Gasteiger partial charge in [-0.15, -0.1) is 0 Å². The zero-order valence-corrected chi connectivity index (χ0v) is 19.1. The van der Waals surface area contributed by atoms with E-state index in [0.29, 0.717) is 33.8 Å². The number of hydrogen-bond donors (Lipinski definition) is 2. The molecule has 37 heavy (non-hydrogen) atoms. The van der Waals surface area contributed by atoms with Crippen LogP contribution in [0.4, 0.5) is 13.2 Å². The molecule has 3 N–H and O–H groups in total. The average Bonchev–Trinajstić information content (AvgIpc) is 3.09. The van der Waals surface area contributed by atoms with E-state index in [0.717, 1.165) is 5.56 Å². The number of nitrogens with zero attached hydrogens (tertiary/aromatic N) is 4. The summed E-state index contributed by atoms with van der Waals surface area (Å²) in [6, 6.07) is 17.3. The molecule has 0 spiro atoms. The Labute approximate surface area is 206 Å². The Bertz CT molecular complexity index is 1570. The summed E-state index contributed by atoms with van der Waals surface area (Å²) in [7, 11) is 1.68. The second-order valence-corrected chi connectivity index (χ2v) is 7.54. The van der Waals surface area contributed by atoms with Crippen molar-refractivity contribution in [2.45, 2.75) is 12.7 Å². The third-order valence-corrected chi connectivity index (χ3v) is 5.00. The number of carbonyl (C=O) groups is 2. The van der Waals surface area contributed by atoms with Crippen LogP contribution in [0.15, 0.2) is 65.6 Å². The first-order valence-corrected chi connectivity index (χ1v) is 10.3. The molecule has 1 amide bonds. The van der Waals surface area contributed by atoms with E-state index in [1.54, 1.807) is 72.4 Å². The van der Waals surface area contributed by atoms with Crippen molar-refractivity contribution in [3.63, 3.8) is 0 Å². The maximum atomic E-state index is 12.7. The molecular formula is C24H18F3N5O5. The van der Waals surface area contributed by atoms with Gasteiger partial charge in [-0.3, -0.25) is 13.9 Å². The fourth-order valence-electron chi connectivity index (χ4n) is 3.21. The van der Waals surface area contributed by atoms with Crippen LogP contribution in [0, 0.1) is 11.3 Å². The van der Waals surface area contributed by atoms with Crippen LogP contribution in [-0.4, -0.2) is 37.3 Å². The number of carboxylic acids is 1. The lowest BCUT2D eigenvalue weighted by Crippen LogP contribution is -2.22. The van der Waals surface area contributed by atoms with E-state index in [1.165, 1.54) is 4.57 Å². The van der Waals surface area contributed by atoms with E-state index in [9.17, 15) is 22.8 Å². The number of ether oxygens (including phenoxy) is 1. The van der Waals surface area contributed by atoms with Crippen LogP contribution in [-0.2, 0) is 18.4 Å². The first kappa shape index (κ1) is 26.5. The Hall–Kier alpha value is -5.12. The van der Waals surface area contributed by atoms with Crippen molar-refractivity contribution in [3.8, 4) is 17.7 Å². The number of carbonyl (C=O) groups excluding carboxylic acids is 1. The maximum absolute atomic E-state index is 12.7. The molecule has 0 fully saturated rings. The number of nitriles is 1. The number of aliphatic carboxylic acids is 1. The maximum Gasteiger partial charge on any atom is 0.490 e. The van der Waals surface area contributed by atoms with Crippen LogP contribution < -0.4 is 16.2 Å². The fraction of sp³-hybridized carbons (Fsp3) is 0.125. The molecule has 2 heterocycles. The molecule has 0 unspecified atom stereocenters. The molecule has 0 aliphatic rings. The summed E-state index contributed by atoms with van der Waals surface area (Å²) in [5.74, 6) is -2.43. The zero-order chi connectivity index (χ0) is 27.3. The highest BCUT2D eigenvalue weighted by Gasteiger charge is 2.38. The molecule has 13 heteroatoms. The number of rotatable bonds is 5. The highest BCUT2D eigenvalue weighted by atomic mass is 19.4. The molecular weight excluding hydrogens is 495 g/mol. The van der Waals surface area contributed by atoms with Gasteiger partial charge in [0.05, 0.1) is 29.2 Å². The van der Waals surface area contributed by atoms with Gasteiger partial charge in [0.15, 0.2) is 0 Å². The predicted molar refractivity (Wildman–Crippen MR) is 124 cm³/mol. The van der Waals surface area contributed by atoms with Crippen LogP contribution >= 0.6 is 0 Å². The predicted octanol–water partition coefficient (Wildman–Crippen LogP) is 3.18. The highest BCUT2D eigenvalue weighted by molar-refractivity contribution is 5.96. The Kier molecular flexibility index (Phi) is 7.62. The number of fused-ring (bicyclic) bond motifs is 1. The topological polar surface area (TPSA) is 153 Å². The highest BCUT2D eigenvalue weighted by Crippen LogP contribution is 2.21. The van der Waals surface area contributed by atoms with E-state index in [4.69, 9.17) is 25.6 Å². The van der Waals surface area contributed by atoms with Crippen molar-refractivity contribution in [2.75, 3.05) is 0 Å². The molecule has 10 nitrogen and oxygen atoms in total. The van der Waals surface area contributed by atoms with Gasteiger partial charge < -0.3 is 15.6 Å². The van der Waals surface area contributed by atoms with Gasteiger partial charge in [0.2, 0.25) is 11.8 Å². The second kappa shape index (κ2) is 10.6. The van der Waals surface area contributed by atoms with Crippen molar-refractivity contribution >= 4 is 22.9 Å². The number of carboxylic acid groups (broad SMARTS) is 1. The third-order valence-electron chi connectivity index (χ3n) is 5.00. The van der Waals surface area contributed by atoms with E-state index >= 15 is 0 Å². The second-order valence-electron chi connectivity index (χ2n) is 7.54. The molecule has 2 aromatic heterocycles. The Morgan fingerprint density at radius 2 is 1.84 bits per heavy atom. The molecule has 190 valence electrons. The van der Waals surface area contributed by atoms with Gasteiger partial charge in [0.1, 0.15) is 5.75 Å². The Balaban J connectivity index is 0.000000479. The third kappa shape index (κ3) is 6.31. The lowest BCUT2D eigenvalue weighted by Gasteiger charge is -2.07. The van der Waals surface area contributed by atoms with Gasteiger partial charge in [0.25, 0.3) is 0 Å². The van der Waals surface area contributed by atoms with E-state index < -0.39 is 18.1 Å². The van der Waals surface area contributed by atoms with E-state index in [-0.39, 0.29) is 12.2 Å². The number of alkyl halides is 3. The summed E-state index contributed by atoms with van der Waals surface area (Å²) in [5, 5.41) is 16.1. The van der Waals surface area contributed by atoms with Crippen LogP contribution in [0.3, 0.4) is 0 Å². The number of nitrogens with two attached hydrogens (primary N) is 1. The zero-order valence-electron chi connectivity index (χ0n) is 19.1. The molecule has 0 saturated heterocycles. The summed E-state index contributed by atoms with van der Waals surface area (Å²) in [6.45, 7) is 0.273. The Morgan fingerprint density at radius 3 is 2.41 bits per heavy atom. The number of aryl methyl sites for hydroxylation is 1. The van der Waals surface area contributed by atoms with Crippen molar-refractivity contribution in [1.82, 2.24) is 14.1 Å². The number of pyridine rings is 1. The monoisotopic (exact) mass is 513 g/mol. The number of benzene rings is 2. The van der Waals surface area contributed by atoms with E-state index in [1.807, 2.05) is 0 Å². The minimum atomic E-state index is -5.08. The number of imidazole rings is 1. The minimum absolute atomic E-state index is 0.208. The van der Waals surface area contributed by atoms with Gasteiger partial charge in [0, 0.05) is 24.9 Å². The van der Waals surface area contributed by atoms with Gasteiger partial charge in [-0.25, -0.2) is 14.6 Å². The number of primary amides is 1. The number of amides is 1. The molecule has 0 aliphatic heterocycles. The minimum Gasteiger partial charge on any atom is -0.475 e. The molecule has 2 aromatic carbocycles. The van der Waals surface area contributed by atoms with Gasteiger partial charge in [-0.1, -0.05) is 12.1 Å². The van der Waals surface area contributed by atoms with Gasteiger partial charge >= 0.3 is 17.8 Å². The number of halogens is 3. The molecule has 4 rings (SSSR count). The molecule has 0 atom stereocenters. The van der Waals surface area contributed by atoms with Gasteiger partial charge in [-0.05, 0) is 42.0 Å². The molecule has 0 bridgehead atoms. The number of aromatic nitrogens is 3. The first-order valence-electron chi connectivity index (χ1n) is 10.3. The quantitative estimate of drug-likeness (QED) is 0.416. The summed E-state index contributed by atoms with van der Waals surface area (Å²) in [5.41, 5.74) is 8.11. The van der Waals surface area contributed by atoms with Gasteiger partial charge in [-0.2, -0.15) is 18.4 Å². The molecule has 0 radical (unpaired) electrons. The fourth-order valence-corrected chi connectivity index (χ4v) is 3.21. The lowest BCUT2D eigenvalue weighted by atomic mass is 10.2. The van der Waals surface area contributed by atoms with Crippen LogP contribution in [0.25, 0.3) is 11.0 Å². The summed E-state index contributed by atoms with van der Waals surface area (Å²) in [4.78, 5) is 37.4. The number of hydrogen-bond acceptors (Lipinski definition) is 6. The van der Waals surface area contributed by atoms with Crippen LogP contribution in [0.5, 0.6) is 11.6 Å². The standard InChI is InChI=1S/C22H17N5O3.C2HF3O2/c1-26-18-7-6-16(21(24)28)10-19(18)27(22(26)29)13-15-5-8-20(25-12-15)30-17-4-2-3-14(9-17)11-23;3-2(4,5)1(6)7/h2-10,12H,13H2,1H3,(H2,24,28);(H,6,7). The SMILES string of the molecule is Cn1c(=O)n(Cc2ccc(Oc3cccc(C#N)c3)nc2)c2cc(C(N)=O)ccc21.O=C(O)C(F)(F)F. The molecule has 4 aromatic rings. The smallest absolute Gasteiger partial charge is 0.475 e. The van der Waals surface area contributed by atoms with Crippen molar-refractivity contribution < 1.29 is 32.6 Å². The summed E-state index contributed by atoms with van der Waals surface area (Å²) in [6.07, 6.45) is -3.47. The summed E-state index contributed by atoms with van der Waals surface area (Å²) >= 11 is 0. The van der Waals surface area contributed by atoms with Crippen molar-refractivity contribution in [3.05, 3.63) is 88.0 Å². The largest absolute Gasteiger partial charge is 0.490 e. The van der Waals surface area contributed by atoms with Crippen LogP contribution in [0.2, 0.25) is 0 Å². The normalized spacial score (nSPS) is 10.8. The van der Waals surface area contributed by atoms with Crippen LogP contribution in [0.1, 0.15) is 21.5 Å². The molecule has 0 aliphatic carbocycles. The Morgan fingerprint density at radius 1 is 1.14 bits per heavy atom. The summed E-state index contributed by atoms with van der Waals surface area (Å²) < 4.78 is 40.5.